The predicted octanol–water partition coefficient (Wildman–Crippen LogP) is 3.97. The molecule has 1 aliphatic carbocycles. The summed E-state index contributed by atoms with van der Waals surface area (Å²) in [6.45, 7) is 2.14. The van der Waals surface area contributed by atoms with Crippen LogP contribution in [0.5, 0.6) is 0 Å². The number of benzene rings is 2. The van der Waals surface area contributed by atoms with E-state index in [0.29, 0.717) is 17.2 Å². The van der Waals surface area contributed by atoms with E-state index in [9.17, 15) is 19.8 Å². The fourth-order valence-electron chi connectivity index (χ4n) is 3.76. The Hall–Kier alpha value is -2.66. The largest absolute Gasteiger partial charge is 0.478 e. The van der Waals surface area contributed by atoms with Crippen LogP contribution in [0.1, 0.15) is 58.9 Å². The fourth-order valence-corrected chi connectivity index (χ4v) is 3.76. The molecule has 0 spiro atoms. The summed E-state index contributed by atoms with van der Waals surface area (Å²) >= 11 is 0. The zero-order valence-electron chi connectivity index (χ0n) is 15.4. The first-order valence-corrected chi connectivity index (χ1v) is 9.38. The van der Waals surface area contributed by atoms with Crippen molar-refractivity contribution in [3.05, 3.63) is 65.2 Å². The van der Waals surface area contributed by atoms with E-state index in [1.54, 1.807) is 30.3 Å². The summed E-state index contributed by atoms with van der Waals surface area (Å²) in [4.78, 5) is 24.5. The summed E-state index contributed by atoms with van der Waals surface area (Å²) in [5, 5.41) is 23.2. The maximum absolute atomic E-state index is 13.1. The Balaban J connectivity index is 1.90. The van der Waals surface area contributed by atoms with Crippen LogP contribution in [0.3, 0.4) is 0 Å². The minimum Gasteiger partial charge on any atom is -0.478 e. The number of para-hydroxylation sites is 1. The maximum atomic E-state index is 13.1. The molecule has 0 aromatic heterocycles. The third-order valence-corrected chi connectivity index (χ3v) is 5.24. The highest BCUT2D eigenvalue weighted by Crippen LogP contribution is 2.28. The van der Waals surface area contributed by atoms with Crippen molar-refractivity contribution in [1.29, 1.82) is 0 Å². The van der Waals surface area contributed by atoms with Gasteiger partial charge in [0, 0.05) is 16.8 Å². The van der Waals surface area contributed by atoms with Gasteiger partial charge in [0.2, 0.25) is 0 Å². The molecule has 1 aliphatic rings. The third-order valence-electron chi connectivity index (χ3n) is 5.24. The summed E-state index contributed by atoms with van der Waals surface area (Å²) in [7, 11) is 0. The van der Waals surface area contributed by atoms with Gasteiger partial charge in [0.25, 0.3) is 0 Å². The van der Waals surface area contributed by atoms with Gasteiger partial charge in [-0.3, -0.25) is 4.79 Å². The normalized spacial score (nSPS) is 22.7. The molecule has 0 heterocycles. The van der Waals surface area contributed by atoms with Crippen molar-refractivity contribution < 1.29 is 19.8 Å². The van der Waals surface area contributed by atoms with Gasteiger partial charge in [-0.15, -0.1) is 0 Å². The number of nitrogens with one attached hydrogen (secondary N) is 1. The standard InChI is InChI=1S/C22H25NO4/c1-14-7-6-12-19(20(24)13-14)23-18-11-5-4-10-17(18)21(25)15-8-2-3-9-16(15)22(26)27/h2-5,8-11,14,19-20,23-24H,6-7,12-13H2,1H3,(H,26,27). The van der Waals surface area contributed by atoms with E-state index in [-0.39, 0.29) is 23.0 Å². The lowest BCUT2D eigenvalue weighted by Gasteiger charge is -2.25. The molecule has 3 N–H and O–H groups in total. The number of carbonyl (C=O) groups excluding carboxylic acids is 1. The Kier molecular flexibility index (Phi) is 5.91. The van der Waals surface area contributed by atoms with Crippen LogP contribution in [0, 0.1) is 5.92 Å². The molecule has 27 heavy (non-hydrogen) atoms. The van der Waals surface area contributed by atoms with Crippen molar-refractivity contribution in [2.75, 3.05) is 5.32 Å². The first-order valence-electron chi connectivity index (χ1n) is 9.38. The molecular formula is C22H25NO4. The molecule has 0 amide bonds. The highest BCUT2D eigenvalue weighted by molar-refractivity contribution is 6.16. The summed E-state index contributed by atoms with van der Waals surface area (Å²) in [6.07, 6.45) is 3.20. The molecule has 142 valence electrons. The van der Waals surface area contributed by atoms with E-state index >= 15 is 0 Å². The monoisotopic (exact) mass is 367 g/mol. The van der Waals surface area contributed by atoms with Crippen LogP contribution < -0.4 is 5.32 Å². The molecule has 3 rings (SSSR count). The summed E-state index contributed by atoms with van der Waals surface area (Å²) in [5.74, 6) is -0.990. The highest BCUT2D eigenvalue weighted by atomic mass is 16.4. The van der Waals surface area contributed by atoms with Gasteiger partial charge in [-0.2, -0.15) is 0 Å². The van der Waals surface area contributed by atoms with Crippen molar-refractivity contribution in [3.8, 4) is 0 Å². The Bertz CT molecular complexity index is 833. The average molecular weight is 367 g/mol. The van der Waals surface area contributed by atoms with Crippen LogP contribution in [0.4, 0.5) is 5.69 Å². The summed E-state index contributed by atoms with van der Waals surface area (Å²) in [6, 6.07) is 13.2. The number of aromatic carboxylic acids is 1. The molecule has 2 aromatic rings. The number of rotatable bonds is 5. The van der Waals surface area contributed by atoms with E-state index < -0.39 is 12.1 Å². The van der Waals surface area contributed by atoms with Gasteiger partial charge in [0.05, 0.1) is 17.7 Å². The van der Waals surface area contributed by atoms with Gasteiger partial charge < -0.3 is 15.5 Å². The molecular weight excluding hydrogens is 342 g/mol. The van der Waals surface area contributed by atoms with E-state index in [1.807, 2.05) is 6.07 Å². The van der Waals surface area contributed by atoms with Gasteiger partial charge in [0.15, 0.2) is 5.78 Å². The van der Waals surface area contributed by atoms with Crippen molar-refractivity contribution >= 4 is 17.4 Å². The predicted molar refractivity (Wildman–Crippen MR) is 104 cm³/mol. The Morgan fingerprint density at radius 3 is 2.30 bits per heavy atom. The number of carbonyl (C=O) groups is 2. The van der Waals surface area contributed by atoms with Crippen molar-refractivity contribution in [3.63, 3.8) is 0 Å². The molecule has 2 aromatic carbocycles. The second-order valence-electron chi connectivity index (χ2n) is 7.32. The molecule has 3 atom stereocenters. The van der Waals surface area contributed by atoms with Crippen LogP contribution in [0.25, 0.3) is 0 Å². The van der Waals surface area contributed by atoms with Gasteiger partial charge in [0.1, 0.15) is 0 Å². The van der Waals surface area contributed by atoms with E-state index in [1.165, 1.54) is 12.1 Å². The first kappa shape index (κ1) is 19.1. The number of carboxylic acids is 1. The lowest BCUT2D eigenvalue weighted by Crippen LogP contribution is -2.33. The number of ketones is 1. The smallest absolute Gasteiger partial charge is 0.336 e. The van der Waals surface area contributed by atoms with Crippen LogP contribution in [-0.4, -0.2) is 34.1 Å². The minimum atomic E-state index is -1.13. The number of carboxylic acid groups (broad SMARTS) is 1. The van der Waals surface area contributed by atoms with Crippen molar-refractivity contribution in [1.82, 2.24) is 0 Å². The zero-order valence-corrected chi connectivity index (χ0v) is 15.4. The van der Waals surface area contributed by atoms with Crippen LogP contribution in [-0.2, 0) is 0 Å². The van der Waals surface area contributed by atoms with Gasteiger partial charge >= 0.3 is 5.97 Å². The number of aliphatic hydroxyl groups is 1. The summed E-state index contributed by atoms with van der Waals surface area (Å²) < 4.78 is 0. The molecule has 0 bridgehead atoms. The second-order valence-corrected chi connectivity index (χ2v) is 7.32. The highest BCUT2D eigenvalue weighted by Gasteiger charge is 2.26. The van der Waals surface area contributed by atoms with E-state index in [2.05, 4.69) is 12.2 Å². The molecule has 3 unspecified atom stereocenters. The van der Waals surface area contributed by atoms with Crippen LogP contribution in [0.2, 0.25) is 0 Å². The average Bonchev–Trinajstić information content (AvgIpc) is 2.82. The van der Waals surface area contributed by atoms with Gasteiger partial charge in [-0.05, 0) is 37.0 Å². The quantitative estimate of drug-likeness (QED) is 0.550. The Labute approximate surface area is 159 Å². The molecule has 5 nitrogen and oxygen atoms in total. The number of hydrogen-bond donors (Lipinski definition) is 3. The second kappa shape index (κ2) is 8.35. The molecule has 0 aliphatic heterocycles. The van der Waals surface area contributed by atoms with Crippen LogP contribution >= 0.6 is 0 Å². The molecule has 1 saturated carbocycles. The van der Waals surface area contributed by atoms with Crippen molar-refractivity contribution in [2.45, 2.75) is 44.8 Å². The van der Waals surface area contributed by atoms with Crippen molar-refractivity contribution in [2.24, 2.45) is 5.92 Å². The van der Waals surface area contributed by atoms with Gasteiger partial charge in [-0.25, -0.2) is 4.79 Å². The van der Waals surface area contributed by atoms with Crippen LogP contribution in [0.15, 0.2) is 48.5 Å². The molecule has 0 saturated heterocycles. The Morgan fingerprint density at radius 2 is 1.59 bits per heavy atom. The van der Waals surface area contributed by atoms with Gasteiger partial charge in [-0.1, -0.05) is 50.1 Å². The zero-order chi connectivity index (χ0) is 19.4. The lowest BCUT2D eigenvalue weighted by molar-refractivity contribution is 0.0692. The fraction of sp³-hybridized carbons (Fsp3) is 0.364. The number of aliphatic hydroxyl groups excluding tert-OH is 1. The first-order chi connectivity index (χ1) is 13.0. The minimum absolute atomic E-state index is 0.0133. The third kappa shape index (κ3) is 4.37. The lowest BCUT2D eigenvalue weighted by atomic mass is 9.96. The summed E-state index contributed by atoms with van der Waals surface area (Å²) in [5.41, 5.74) is 1.19. The maximum Gasteiger partial charge on any atom is 0.336 e. The number of anilines is 1. The Morgan fingerprint density at radius 1 is 0.963 bits per heavy atom. The number of hydrogen-bond acceptors (Lipinski definition) is 4. The molecule has 0 radical (unpaired) electrons. The SMILES string of the molecule is CC1CCCC(Nc2ccccc2C(=O)c2ccccc2C(=O)O)C(O)C1. The molecule has 1 fully saturated rings. The molecule has 5 heteroatoms. The van der Waals surface area contributed by atoms with E-state index in [0.717, 1.165) is 25.7 Å². The topological polar surface area (TPSA) is 86.6 Å². The van der Waals surface area contributed by atoms with E-state index in [4.69, 9.17) is 0 Å².